The standard InChI is InChI=1S/C16H25N/c1-5-17(6-2)15-11-13-9-7-8-10-14(13)16(15)12(3)4/h7-10,12,15-16H,5-6,11H2,1-4H3/t15-,16-/m1/s1. The van der Waals surface area contributed by atoms with Gasteiger partial charge in [-0.15, -0.1) is 0 Å². The van der Waals surface area contributed by atoms with E-state index in [0.29, 0.717) is 12.0 Å². The first kappa shape index (κ1) is 12.6. The number of fused-ring (bicyclic) bond motifs is 1. The summed E-state index contributed by atoms with van der Waals surface area (Å²) in [6.07, 6.45) is 1.24. The number of rotatable bonds is 4. The van der Waals surface area contributed by atoms with Crippen molar-refractivity contribution >= 4 is 0 Å². The van der Waals surface area contributed by atoms with E-state index in [1.165, 1.54) is 19.5 Å². The van der Waals surface area contributed by atoms with Crippen LogP contribution in [-0.4, -0.2) is 24.0 Å². The molecule has 0 aliphatic heterocycles. The average Bonchev–Trinajstić information content (AvgIpc) is 2.69. The third-order valence-electron chi connectivity index (χ3n) is 4.26. The van der Waals surface area contributed by atoms with Gasteiger partial charge in [0.2, 0.25) is 0 Å². The summed E-state index contributed by atoms with van der Waals surface area (Å²) in [7, 11) is 0. The highest BCUT2D eigenvalue weighted by Crippen LogP contribution is 2.40. The number of hydrogen-bond acceptors (Lipinski definition) is 1. The first-order chi connectivity index (χ1) is 8.19. The van der Waals surface area contributed by atoms with Gasteiger partial charge in [-0.05, 0) is 36.6 Å². The summed E-state index contributed by atoms with van der Waals surface area (Å²) in [5, 5.41) is 0. The van der Waals surface area contributed by atoms with Gasteiger partial charge >= 0.3 is 0 Å². The Morgan fingerprint density at radius 2 is 1.82 bits per heavy atom. The molecule has 1 aliphatic carbocycles. The van der Waals surface area contributed by atoms with Gasteiger partial charge in [0.25, 0.3) is 0 Å². The zero-order chi connectivity index (χ0) is 12.4. The smallest absolute Gasteiger partial charge is 0.0207 e. The maximum Gasteiger partial charge on any atom is 0.0207 e. The van der Waals surface area contributed by atoms with Crippen LogP contribution in [0.1, 0.15) is 44.7 Å². The molecule has 0 amide bonds. The second-order valence-electron chi connectivity index (χ2n) is 5.46. The van der Waals surface area contributed by atoms with Crippen LogP contribution in [0.4, 0.5) is 0 Å². The van der Waals surface area contributed by atoms with E-state index >= 15 is 0 Å². The molecule has 1 heteroatoms. The molecule has 0 aromatic heterocycles. The average molecular weight is 231 g/mol. The van der Waals surface area contributed by atoms with Crippen molar-refractivity contribution in [1.82, 2.24) is 4.90 Å². The van der Waals surface area contributed by atoms with Crippen LogP contribution >= 0.6 is 0 Å². The lowest BCUT2D eigenvalue weighted by atomic mass is 9.86. The summed E-state index contributed by atoms with van der Waals surface area (Å²) < 4.78 is 0. The van der Waals surface area contributed by atoms with Gasteiger partial charge in [-0.25, -0.2) is 0 Å². The molecule has 17 heavy (non-hydrogen) atoms. The third kappa shape index (κ3) is 2.26. The molecule has 1 aromatic carbocycles. The lowest BCUT2D eigenvalue weighted by molar-refractivity contribution is 0.177. The van der Waals surface area contributed by atoms with Crippen LogP contribution in [0.5, 0.6) is 0 Å². The Bertz CT molecular complexity index is 366. The first-order valence-corrected chi connectivity index (χ1v) is 7.00. The van der Waals surface area contributed by atoms with Gasteiger partial charge in [-0.2, -0.15) is 0 Å². The monoisotopic (exact) mass is 231 g/mol. The molecule has 0 saturated carbocycles. The van der Waals surface area contributed by atoms with Gasteiger partial charge in [0, 0.05) is 12.0 Å². The van der Waals surface area contributed by atoms with Gasteiger partial charge in [-0.3, -0.25) is 4.90 Å². The molecule has 0 radical (unpaired) electrons. The highest BCUT2D eigenvalue weighted by atomic mass is 15.2. The van der Waals surface area contributed by atoms with E-state index in [4.69, 9.17) is 0 Å². The molecule has 0 saturated heterocycles. The van der Waals surface area contributed by atoms with Gasteiger partial charge < -0.3 is 0 Å². The fraction of sp³-hybridized carbons (Fsp3) is 0.625. The molecule has 0 fully saturated rings. The second kappa shape index (κ2) is 5.22. The summed E-state index contributed by atoms with van der Waals surface area (Å²) in [6.45, 7) is 11.6. The number of benzene rings is 1. The lowest BCUT2D eigenvalue weighted by Crippen LogP contribution is -2.39. The molecular weight excluding hydrogens is 206 g/mol. The summed E-state index contributed by atoms with van der Waals surface area (Å²) in [5.74, 6) is 1.44. The Labute approximate surface area is 106 Å². The largest absolute Gasteiger partial charge is 0.300 e. The Balaban J connectivity index is 2.32. The molecule has 0 unspecified atom stereocenters. The molecule has 0 heterocycles. The predicted molar refractivity (Wildman–Crippen MR) is 74.4 cm³/mol. The quantitative estimate of drug-likeness (QED) is 0.764. The lowest BCUT2D eigenvalue weighted by Gasteiger charge is -2.33. The topological polar surface area (TPSA) is 3.24 Å². The summed E-state index contributed by atoms with van der Waals surface area (Å²) in [5.41, 5.74) is 3.17. The molecule has 0 bridgehead atoms. The zero-order valence-electron chi connectivity index (χ0n) is 11.6. The molecule has 1 aromatic rings. The Morgan fingerprint density at radius 1 is 1.18 bits per heavy atom. The Hall–Kier alpha value is -0.820. The second-order valence-corrected chi connectivity index (χ2v) is 5.46. The highest BCUT2D eigenvalue weighted by molar-refractivity contribution is 5.38. The van der Waals surface area contributed by atoms with Crippen LogP contribution in [0.2, 0.25) is 0 Å². The third-order valence-corrected chi connectivity index (χ3v) is 4.26. The number of likely N-dealkylation sites (N-methyl/N-ethyl adjacent to an activating group) is 1. The molecule has 2 rings (SSSR count). The molecule has 1 nitrogen and oxygen atoms in total. The van der Waals surface area contributed by atoms with Crippen molar-refractivity contribution in [3.8, 4) is 0 Å². The van der Waals surface area contributed by atoms with E-state index in [0.717, 1.165) is 5.92 Å². The van der Waals surface area contributed by atoms with Crippen molar-refractivity contribution in [2.75, 3.05) is 13.1 Å². The summed E-state index contributed by atoms with van der Waals surface area (Å²) in [6, 6.07) is 9.74. The van der Waals surface area contributed by atoms with E-state index < -0.39 is 0 Å². The molecular formula is C16H25N. The summed E-state index contributed by atoms with van der Waals surface area (Å²) in [4.78, 5) is 2.63. The van der Waals surface area contributed by atoms with Crippen LogP contribution in [0, 0.1) is 5.92 Å². The molecule has 2 atom stereocenters. The van der Waals surface area contributed by atoms with Crippen molar-refractivity contribution in [2.24, 2.45) is 5.92 Å². The van der Waals surface area contributed by atoms with Gasteiger partial charge in [-0.1, -0.05) is 52.0 Å². The van der Waals surface area contributed by atoms with Crippen molar-refractivity contribution < 1.29 is 0 Å². The van der Waals surface area contributed by atoms with Gasteiger partial charge in [0.05, 0.1) is 0 Å². The predicted octanol–water partition coefficient (Wildman–Crippen LogP) is 3.69. The Morgan fingerprint density at radius 3 is 2.41 bits per heavy atom. The normalized spacial score (nSPS) is 23.4. The fourth-order valence-corrected chi connectivity index (χ4v) is 3.46. The van der Waals surface area contributed by atoms with Gasteiger partial charge in [0.15, 0.2) is 0 Å². The van der Waals surface area contributed by atoms with Crippen molar-refractivity contribution in [3.63, 3.8) is 0 Å². The van der Waals surface area contributed by atoms with E-state index in [1.807, 2.05) is 0 Å². The zero-order valence-corrected chi connectivity index (χ0v) is 11.6. The fourth-order valence-electron chi connectivity index (χ4n) is 3.46. The van der Waals surface area contributed by atoms with E-state index in [9.17, 15) is 0 Å². The van der Waals surface area contributed by atoms with Crippen molar-refractivity contribution in [3.05, 3.63) is 35.4 Å². The SMILES string of the molecule is CCN(CC)[C@@H]1Cc2ccccc2[C@H]1C(C)C. The van der Waals surface area contributed by atoms with E-state index in [1.54, 1.807) is 11.1 Å². The van der Waals surface area contributed by atoms with Crippen LogP contribution < -0.4 is 0 Å². The van der Waals surface area contributed by atoms with Crippen LogP contribution in [0.15, 0.2) is 24.3 Å². The van der Waals surface area contributed by atoms with Crippen molar-refractivity contribution in [1.29, 1.82) is 0 Å². The minimum atomic E-state index is 0.711. The van der Waals surface area contributed by atoms with Crippen LogP contribution in [-0.2, 0) is 6.42 Å². The Kier molecular flexibility index (Phi) is 3.88. The highest BCUT2D eigenvalue weighted by Gasteiger charge is 2.36. The maximum atomic E-state index is 2.63. The minimum Gasteiger partial charge on any atom is -0.300 e. The summed E-state index contributed by atoms with van der Waals surface area (Å²) >= 11 is 0. The van der Waals surface area contributed by atoms with Crippen LogP contribution in [0.3, 0.4) is 0 Å². The van der Waals surface area contributed by atoms with Gasteiger partial charge in [0.1, 0.15) is 0 Å². The van der Waals surface area contributed by atoms with E-state index in [-0.39, 0.29) is 0 Å². The molecule has 1 aliphatic rings. The maximum absolute atomic E-state index is 2.63. The molecule has 0 spiro atoms. The van der Waals surface area contributed by atoms with E-state index in [2.05, 4.69) is 56.9 Å². The molecule has 94 valence electrons. The van der Waals surface area contributed by atoms with Crippen LogP contribution in [0.25, 0.3) is 0 Å². The van der Waals surface area contributed by atoms with Crippen molar-refractivity contribution in [2.45, 2.75) is 46.1 Å². The first-order valence-electron chi connectivity index (χ1n) is 7.00. The molecule has 0 N–H and O–H groups in total. The number of nitrogens with zero attached hydrogens (tertiary/aromatic N) is 1. The number of hydrogen-bond donors (Lipinski definition) is 0. The minimum absolute atomic E-state index is 0.711.